The quantitative estimate of drug-likeness (QED) is 0.905. The van der Waals surface area contributed by atoms with E-state index in [1.807, 2.05) is 32.9 Å². The van der Waals surface area contributed by atoms with Crippen LogP contribution in [0.15, 0.2) is 24.3 Å². The van der Waals surface area contributed by atoms with E-state index < -0.39 is 11.6 Å². The van der Waals surface area contributed by atoms with Gasteiger partial charge in [-0.15, -0.1) is 0 Å². The van der Waals surface area contributed by atoms with Crippen molar-refractivity contribution in [3.8, 4) is 0 Å². The van der Waals surface area contributed by atoms with Gasteiger partial charge in [-0.1, -0.05) is 19.1 Å². The molecule has 1 N–H and O–H groups in total. The first kappa shape index (κ1) is 19.2. The van der Waals surface area contributed by atoms with Crippen LogP contribution in [0.1, 0.15) is 50.0 Å². The van der Waals surface area contributed by atoms with Gasteiger partial charge in [-0.05, 0) is 44.9 Å². The van der Waals surface area contributed by atoms with Crippen LogP contribution in [0, 0.1) is 0 Å². The van der Waals surface area contributed by atoms with E-state index in [-0.39, 0.29) is 12.1 Å². The number of carboxylic acids is 1. The van der Waals surface area contributed by atoms with Crippen LogP contribution in [0.3, 0.4) is 0 Å². The van der Waals surface area contributed by atoms with E-state index in [0.29, 0.717) is 18.7 Å². The normalized spacial score (nSPS) is 18.9. The molecule has 1 atom stereocenters. The zero-order chi connectivity index (χ0) is 18.6. The van der Waals surface area contributed by atoms with Gasteiger partial charge >= 0.3 is 12.1 Å². The van der Waals surface area contributed by atoms with Gasteiger partial charge in [0.2, 0.25) is 0 Å². The van der Waals surface area contributed by atoms with Crippen LogP contribution in [-0.4, -0.2) is 58.2 Å². The second kappa shape index (κ2) is 7.87. The van der Waals surface area contributed by atoms with E-state index in [1.54, 1.807) is 17.0 Å². The van der Waals surface area contributed by atoms with Crippen LogP contribution in [0.5, 0.6) is 0 Å². The van der Waals surface area contributed by atoms with E-state index in [9.17, 15) is 9.59 Å². The van der Waals surface area contributed by atoms with Crippen LogP contribution < -0.4 is 0 Å². The van der Waals surface area contributed by atoms with Crippen molar-refractivity contribution in [3.63, 3.8) is 0 Å². The highest BCUT2D eigenvalue weighted by Gasteiger charge is 2.31. The highest BCUT2D eigenvalue weighted by atomic mass is 16.6. The molecular weight excluding hydrogens is 320 g/mol. The Balaban J connectivity index is 1.97. The van der Waals surface area contributed by atoms with Gasteiger partial charge in [0.25, 0.3) is 0 Å². The van der Waals surface area contributed by atoms with E-state index in [4.69, 9.17) is 9.84 Å². The third kappa shape index (κ3) is 5.46. The molecule has 138 valence electrons. The predicted octanol–water partition coefficient (Wildman–Crippen LogP) is 3.22. The van der Waals surface area contributed by atoms with Crippen molar-refractivity contribution in [3.05, 3.63) is 35.4 Å². The summed E-state index contributed by atoms with van der Waals surface area (Å²) in [6.45, 7) is 10.6. The molecule has 1 aromatic carbocycles. The standard InChI is InChI=1S/C19H28N2O4/c1-5-16-13-21(18(24)25-19(2,3)4)11-10-20(16)12-14-6-8-15(9-7-14)17(22)23/h6-9,16H,5,10-13H2,1-4H3,(H,22,23)/t16-/m0/s1. The predicted molar refractivity (Wildman–Crippen MR) is 95.7 cm³/mol. The van der Waals surface area contributed by atoms with Crippen molar-refractivity contribution in [2.75, 3.05) is 19.6 Å². The molecule has 0 aliphatic carbocycles. The van der Waals surface area contributed by atoms with Gasteiger partial charge < -0.3 is 14.7 Å². The molecule has 1 heterocycles. The number of amides is 1. The summed E-state index contributed by atoms with van der Waals surface area (Å²) >= 11 is 0. The molecule has 2 rings (SSSR count). The number of carboxylic acid groups (broad SMARTS) is 1. The van der Waals surface area contributed by atoms with Gasteiger partial charge in [0.1, 0.15) is 5.60 Å². The number of aromatic carboxylic acids is 1. The van der Waals surface area contributed by atoms with E-state index in [2.05, 4.69) is 11.8 Å². The lowest BCUT2D eigenvalue weighted by Crippen LogP contribution is -2.54. The molecule has 0 aromatic heterocycles. The fourth-order valence-corrected chi connectivity index (χ4v) is 2.97. The minimum atomic E-state index is -0.913. The monoisotopic (exact) mass is 348 g/mol. The molecule has 0 spiro atoms. The number of rotatable bonds is 4. The van der Waals surface area contributed by atoms with Crippen LogP contribution in [-0.2, 0) is 11.3 Å². The fourth-order valence-electron chi connectivity index (χ4n) is 2.97. The maximum atomic E-state index is 12.3. The Morgan fingerprint density at radius 2 is 1.84 bits per heavy atom. The topological polar surface area (TPSA) is 70.1 Å². The zero-order valence-corrected chi connectivity index (χ0v) is 15.5. The Kier molecular flexibility index (Phi) is 6.06. The lowest BCUT2D eigenvalue weighted by Gasteiger charge is -2.41. The smallest absolute Gasteiger partial charge is 0.410 e. The van der Waals surface area contributed by atoms with Crippen molar-refractivity contribution in [2.24, 2.45) is 0 Å². The Bertz CT molecular complexity index is 607. The lowest BCUT2D eigenvalue weighted by atomic mass is 10.1. The second-order valence-electron chi connectivity index (χ2n) is 7.46. The number of piperazine rings is 1. The Hall–Kier alpha value is -2.08. The van der Waals surface area contributed by atoms with Gasteiger partial charge in [-0.2, -0.15) is 0 Å². The van der Waals surface area contributed by atoms with Crippen molar-refractivity contribution < 1.29 is 19.4 Å². The zero-order valence-electron chi connectivity index (χ0n) is 15.5. The van der Waals surface area contributed by atoms with Crippen LogP contribution in [0.4, 0.5) is 4.79 Å². The van der Waals surface area contributed by atoms with Gasteiger partial charge in [-0.3, -0.25) is 4.90 Å². The molecule has 1 fully saturated rings. The molecule has 0 unspecified atom stereocenters. The fraction of sp³-hybridized carbons (Fsp3) is 0.579. The minimum Gasteiger partial charge on any atom is -0.478 e. The number of hydrogen-bond donors (Lipinski definition) is 1. The molecule has 6 nitrogen and oxygen atoms in total. The number of ether oxygens (including phenoxy) is 1. The minimum absolute atomic E-state index is 0.253. The molecule has 1 aromatic rings. The van der Waals surface area contributed by atoms with E-state index in [0.717, 1.165) is 25.1 Å². The molecule has 1 aliphatic rings. The molecule has 6 heteroatoms. The molecule has 0 bridgehead atoms. The summed E-state index contributed by atoms with van der Waals surface area (Å²) in [4.78, 5) is 27.3. The first-order chi connectivity index (χ1) is 11.7. The summed E-state index contributed by atoms with van der Waals surface area (Å²) < 4.78 is 5.47. The molecule has 0 radical (unpaired) electrons. The number of benzene rings is 1. The molecular formula is C19H28N2O4. The number of carbonyl (C=O) groups is 2. The molecule has 25 heavy (non-hydrogen) atoms. The Labute approximate surface area is 149 Å². The van der Waals surface area contributed by atoms with Crippen molar-refractivity contribution >= 4 is 12.1 Å². The third-order valence-corrected chi connectivity index (χ3v) is 4.31. The number of hydrogen-bond acceptors (Lipinski definition) is 4. The summed E-state index contributed by atoms with van der Waals surface area (Å²) in [5.41, 5.74) is 0.890. The van der Waals surface area contributed by atoms with Crippen molar-refractivity contribution in [2.45, 2.75) is 52.3 Å². The SMILES string of the molecule is CC[C@H]1CN(C(=O)OC(C)(C)C)CCN1Cc1ccc(C(=O)O)cc1. The van der Waals surface area contributed by atoms with Gasteiger partial charge in [0.15, 0.2) is 0 Å². The van der Waals surface area contributed by atoms with Crippen LogP contribution >= 0.6 is 0 Å². The highest BCUT2D eigenvalue weighted by Crippen LogP contribution is 2.19. The largest absolute Gasteiger partial charge is 0.478 e. The summed E-state index contributed by atoms with van der Waals surface area (Å²) in [5.74, 6) is -0.913. The Morgan fingerprint density at radius 1 is 1.20 bits per heavy atom. The molecule has 1 saturated heterocycles. The molecule has 1 amide bonds. The summed E-state index contributed by atoms with van der Waals surface area (Å²) in [6, 6.07) is 7.25. The molecule has 0 saturated carbocycles. The first-order valence-corrected chi connectivity index (χ1v) is 8.74. The van der Waals surface area contributed by atoms with Gasteiger partial charge in [0.05, 0.1) is 5.56 Å². The average molecular weight is 348 g/mol. The molecule has 1 aliphatic heterocycles. The number of carbonyl (C=O) groups excluding carboxylic acids is 1. The van der Waals surface area contributed by atoms with Gasteiger partial charge in [-0.25, -0.2) is 9.59 Å². The number of nitrogens with zero attached hydrogens (tertiary/aromatic N) is 2. The lowest BCUT2D eigenvalue weighted by molar-refractivity contribution is 0.00193. The Morgan fingerprint density at radius 3 is 2.36 bits per heavy atom. The third-order valence-electron chi connectivity index (χ3n) is 4.31. The first-order valence-electron chi connectivity index (χ1n) is 8.74. The van der Waals surface area contributed by atoms with Crippen LogP contribution in [0.2, 0.25) is 0 Å². The van der Waals surface area contributed by atoms with Crippen molar-refractivity contribution in [1.82, 2.24) is 9.80 Å². The van der Waals surface area contributed by atoms with E-state index >= 15 is 0 Å². The highest BCUT2D eigenvalue weighted by molar-refractivity contribution is 5.87. The van der Waals surface area contributed by atoms with Crippen molar-refractivity contribution in [1.29, 1.82) is 0 Å². The summed E-state index contributed by atoms with van der Waals surface area (Å²) in [7, 11) is 0. The second-order valence-corrected chi connectivity index (χ2v) is 7.46. The maximum absolute atomic E-state index is 12.3. The summed E-state index contributed by atoms with van der Waals surface area (Å²) in [6.07, 6.45) is 0.684. The summed E-state index contributed by atoms with van der Waals surface area (Å²) in [5, 5.41) is 8.98. The van der Waals surface area contributed by atoms with E-state index in [1.165, 1.54) is 0 Å². The van der Waals surface area contributed by atoms with Crippen LogP contribution in [0.25, 0.3) is 0 Å². The average Bonchev–Trinajstić information content (AvgIpc) is 2.54. The van der Waals surface area contributed by atoms with Gasteiger partial charge in [0, 0.05) is 32.2 Å². The maximum Gasteiger partial charge on any atom is 0.410 e.